The van der Waals surface area contributed by atoms with Crippen LogP contribution in [0.5, 0.6) is 0 Å². The molecule has 0 atom stereocenters. The maximum absolute atomic E-state index is 10.8. The van der Waals surface area contributed by atoms with Crippen molar-refractivity contribution >= 4 is 5.97 Å². The second kappa shape index (κ2) is 7.36. The van der Waals surface area contributed by atoms with Crippen LogP contribution in [0, 0.1) is 0 Å². The molecule has 0 aliphatic heterocycles. The van der Waals surface area contributed by atoms with E-state index >= 15 is 0 Å². The second-order valence-electron chi connectivity index (χ2n) is 2.28. The van der Waals surface area contributed by atoms with Crippen LogP contribution in [0.1, 0.15) is 6.92 Å². The van der Waals surface area contributed by atoms with E-state index in [0.717, 1.165) is 0 Å². The summed E-state index contributed by atoms with van der Waals surface area (Å²) in [6.45, 7) is 6.17. The minimum atomic E-state index is -0.442. The molecule has 0 fully saturated rings. The Bertz CT molecular complexity index is 199. The van der Waals surface area contributed by atoms with Crippen molar-refractivity contribution in [2.45, 2.75) is 6.92 Å². The van der Waals surface area contributed by atoms with Crippen molar-refractivity contribution in [2.75, 3.05) is 19.8 Å². The number of ether oxygens (including phenoxy) is 2. The van der Waals surface area contributed by atoms with Crippen LogP contribution in [0.15, 0.2) is 24.4 Å². The zero-order valence-electron chi connectivity index (χ0n) is 7.79. The van der Waals surface area contributed by atoms with Crippen molar-refractivity contribution in [3.8, 4) is 0 Å². The molecule has 4 nitrogen and oxygen atoms in total. The third-order valence-corrected chi connectivity index (χ3v) is 1.09. The van der Waals surface area contributed by atoms with E-state index in [4.69, 9.17) is 10.5 Å². The Morgan fingerprint density at radius 2 is 2.31 bits per heavy atom. The van der Waals surface area contributed by atoms with Gasteiger partial charge in [0, 0.05) is 11.8 Å². The molecule has 0 heterocycles. The number of nitrogens with two attached hydrogens (primary N) is 1. The van der Waals surface area contributed by atoms with Crippen LogP contribution in [0.25, 0.3) is 0 Å². The molecule has 0 bridgehead atoms. The Hall–Kier alpha value is -1.29. The van der Waals surface area contributed by atoms with Crippen molar-refractivity contribution in [1.29, 1.82) is 0 Å². The van der Waals surface area contributed by atoms with Gasteiger partial charge in [0.25, 0.3) is 0 Å². The lowest BCUT2D eigenvalue weighted by Crippen LogP contribution is -2.10. The first-order valence-corrected chi connectivity index (χ1v) is 4.02. The van der Waals surface area contributed by atoms with Gasteiger partial charge in [0.15, 0.2) is 0 Å². The van der Waals surface area contributed by atoms with Gasteiger partial charge in [-0.3, -0.25) is 0 Å². The van der Waals surface area contributed by atoms with Gasteiger partial charge in [-0.15, -0.1) is 6.58 Å². The van der Waals surface area contributed by atoms with Crippen LogP contribution < -0.4 is 5.73 Å². The van der Waals surface area contributed by atoms with E-state index in [1.54, 1.807) is 13.0 Å². The van der Waals surface area contributed by atoms with E-state index in [1.807, 2.05) is 0 Å². The van der Waals surface area contributed by atoms with Gasteiger partial charge in [-0.05, 0) is 6.92 Å². The molecule has 74 valence electrons. The van der Waals surface area contributed by atoms with Gasteiger partial charge in [0.05, 0.1) is 19.8 Å². The van der Waals surface area contributed by atoms with Crippen LogP contribution in [0.3, 0.4) is 0 Å². The third-order valence-electron chi connectivity index (χ3n) is 1.09. The Morgan fingerprint density at radius 1 is 1.62 bits per heavy atom. The summed E-state index contributed by atoms with van der Waals surface area (Å²) in [6, 6.07) is 0. The monoisotopic (exact) mass is 185 g/mol. The molecule has 4 heteroatoms. The quantitative estimate of drug-likeness (QED) is 0.285. The van der Waals surface area contributed by atoms with Gasteiger partial charge in [-0.2, -0.15) is 0 Å². The van der Waals surface area contributed by atoms with Crippen molar-refractivity contribution in [1.82, 2.24) is 0 Å². The molecule has 0 aromatic carbocycles. The van der Waals surface area contributed by atoms with Crippen molar-refractivity contribution in [3.63, 3.8) is 0 Å². The highest BCUT2D eigenvalue weighted by molar-refractivity contribution is 5.82. The van der Waals surface area contributed by atoms with E-state index in [2.05, 4.69) is 11.3 Å². The number of hydrogen-bond acceptors (Lipinski definition) is 4. The molecular formula is C9H15NO3. The fourth-order valence-electron chi connectivity index (χ4n) is 0.637. The molecule has 2 N–H and O–H groups in total. The maximum Gasteiger partial charge on any atom is 0.332 e. The average molecular weight is 185 g/mol. The number of esters is 1. The largest absolute Gasteiger partial charge is 0.463 e. The molecule has 0 spiro atoms. The van der Waals surface area contributed by atoms with Crippen LogP contribution in [0.2, 0.25) is 0 Å². The number of hydrogen-bond donors (Lipinski definition) is 1. The first kappa shape index (κ1) is 11.7. The lowest BCUT2D eigenvalue weighted by molar-refractivity contribution is -0.137. The number of carbonyl (C=O) groups is 1. The first-order chi connectivity index (χ1) is 6.20. The molecule has 0 aliphatic rings. The van der Waals surface area contributed by atoms with E-state index in [1.165, 1.54) is 6.08 Å². The fraction of sp³-hybridized carbons (Fsp3) is 0.444. The molecule has 0 saturated heterocycles. The van der Waals surface area contributed by atoms with Gasteiger partial charge < -0.3 is 15.2 Å². The minimum Gasteiger partial charge on any atom is -0.463 e. The summed E-state index contributed by atoms with van der Waals surface area (Å²) in [4.78, 5) is 10.8. The summed E-state index contributed by atoms with van der Waals surface area (Å²) >= 11 is 0. The van der Waals surface area contributed by atoms with Gasteiger partial charge >= 0.3 is 5.97 Å². The molecule has 0 saturated carbocycles. The average Bonchev–Trinajstić information content (AvgIpc) is 2.05. The Kier molecular flexibility index (Phi) is 6.63. The third kappa shape index (κ3) is 7.08. The number of carbonyl (C=O) groups excluding carboxylic acids is 1. The predicted octanol–water partition coefficient (Wildman–Crippen LogP) is 0.595. The molecule has 0 rings (SSSR count). The second-order valence-corrected chi connectivity index (χ2v) is 2.28. The Balaban J connectivity index is 3.72. The molecule has 0 unspecified atom stereocenters. The highest BCUT2D eigenvalue weighted by atomic mass is 16.5. The highest BCUT2D eigenvalue weighted by Gasteiger charge is 1.97. The van der Waals surface area contributed by atoms with Gasteiger partial charge in [-0.25, -0.2) is 4.79 Å². The van der Waals surface area contributed by atoms with Crippen LogP contribution in [-0.2, 0) is 14.3 Å². The Labute approximate surface area is 78.0 Å². The first-order valence-electron chi connectivity index (χ1n) is 4.02. The predicted molar refractivity (Wildman–Crippen MR) is 49.9 cm³/mol. The SMILES string of the molecule is C=CCOC/C(N)=C/C(=O)OCC. The summed E-state index contributed by atoms with van der Waals surface area (Å²) < 4.78 is 9.65. The van der Waals surface area contributed by atoms with E-state index in [9.17, 15) is 4.79 Å². The summed E-state index contributed by atoms with van der Waals surface area (Å²) in [7, 11) is 0. The summed E-state index contributed by atoms with van der Waals surface area (Å²) in [6.07, 6.45) is 2.82. The van der Waals surface area contributed by atoms with Crippen LogP contribution in [0.4, 0.5) is 0 Å². The summed E-state index contributed by atoms with van der Waals surface area (Å²) in [5, 5.41) is 0. The van der Waals surface area contributed by atoms with Crippen LogP contribution >= 0.6 is 0 Å². The Morgan fingerprint density at radius 3 is 2.85 bits per heavy atom. The molecule has 0 aromatic rings. The molecule has 0 amide bonds. The van der Waals surface area contributed by atoms with Gasteiger partial charge in [-0.1, -0.05) is 6.08 Å². The normalized spacial score (nSPS) is 11.0. The fourth-order valence-corrected chi connectivity index (χ4v) is 0.637. The van der Waals surface area contributed by atoms with Crippen molar-refractivity contribution < 1.29 is 14.3 Å². The molecule has 0 aromatic heterocycles. The topological polar surface area (TPSA) is 61.5 Å². The zero-order valence-corrected chi connectivity index (χ0v) is 7.79. The zero-order chi connectivity index (χ0) is 10.1. The number of rotatable bonds is 6. The van der Waals surface area contributed by atoms with Gasteiger partial charge in [0.2, 0.25) is 0 Å². The van der Waals surface area contributed by atoms with E-state index < -0.39 is 5.97 Å². The van der Waals surface area contributed by atoms with Gasteiger partial charge in [0.1, 0.15) is 0 Å². The van der Waals surface area contributed by atoms with E-state index in [0.29, 0.717) is 18.9 Å². The molecule has 0 aliphatic carbocycles. The minimum absolute atomic E-state index is 0.213. The lowest BCUT2D eigenvalue weighted by Gasteiger charge is -2.01. The highest BCUT2D eigenvalue weighted by Crippen LogP contribution is 1.89. The van der Waals surface area contributed by atoms with Crippen molar-refractivity contribution in [2.24, 2.45) is 5.73 Å². The maximum atomic E-state index is 10.8. The standard InChI is InChI=1S/C9H15NO3/c1-3-5-12-7-8(10)6-9(11)13-4-2/h3,6H,1,4-5,7,10H2,2H3/b8-6-. The smallest absolute Gasteiger partial charge is 0.332 e. The van der Waals surface area contributed by atoms with Crippen molar-refractivity contribution in [3.05, 3.63) is 24.4 Å². The summed E-state index contributed by atoms with van der Waals surface area (Å²) in [5.74, 6) is -0.442. The molecule has 0 radical (unpaired) electrons. The molecule has 13 heavy (non-hydrogen) atoms. The van der Waals surface area contributed by atoms with E-state index in [-0.39, 0.29) is 6.61 Å². The van der Waals surface area contributed by atoms with Crippen LogP contribution in [-0.4, -0.2) is 25.8 Å². The lowest BCUT2D eigenvalue weighted by atomic mass is 10.4. The summed E-state index contributed by atoms with van der Waals surface area (Å²) in [5.41, 5.74) is 5.79. The molecular weight excluding hydrogens is 170 g/mol.